The van der Waals surface area contributed by atoms with Gasteiger partial charge >= 0.3 is 0 Å². The van der Waals surface area contributed by atoms with Crippen LogP contribution in [0.4, 0.5) is 11.5 Å². The Morgan fingerprint density at radius 1 is 0.902 bits per heavy atom. The molecule has 0 atom stereocenters. The molecule has 0 aliphatic carbocycles. The number of anilines is 2. The summed E-state index contributed by atoms with van der Waals surface area (Å²) in [6.07, 6.45) is 1.51. The van der Waals surface area contributed by atoms with Crippen molar-refractivity contribution in [2.45, 2.75) is 33.9 Å². The van der Waals surface area contributed by atoms with Crippen LogP contribution in [0, 0.1) is 6.92 Å². The summed E-state index contributed by atoms with van der Waals surface area (Å²) < 4.78 is 0. The molecule has 8 heteroatoms. The summed E-state index contributed by atoms with van der Waals surface area (Å²) in [5.74, 6) is 0.500. The molecule has 4 aromatic rings. The molecule has 214 valence electrons. The lowest BCUT2D eigenvalue weighted by Gasteiger charge is -2.23. The van der Waals surface area contributed by atoms with Gasteiger partial charge in [-0.2, -0.15) is 0 Å². The quantitative estimate of drug-likeness (QED) is 0.185. The third-order valence-corrected chi connectivity index (χ3v) is 7.30. The number of amides is 1. The first-order chi connectivity index (χ1) is 19.8. The van der Waals surface area contributed by atoms with Gasteiger partial charge in [-0.25, -0.2) is 9.97 Å². The van der Waals surface area contributed by atoms with Crippen LogP contribution in [0.3, 0.4) is 0 Å². The fraction of sp³-hybridized carbons (Fsp3) is 0.303. The van der Waals surface area contributed by atoms with E-state index in [2.05, 4.69) is 82.5 Å². The molecule has 0 spiro atoms. The standard InChI is InChI=1S/C33H39ClN6O/c1-5-40(6-2)16-15-39(4)22-26-11-8-12-27(18-26)33(41)38-30-14-13-28(34)19-29(30)31-20-32(37-23-36-31)35-21-25-10-7-9-24(3)17-25/h7-14,17-20,23H,5-6,15-16,21-22H2,1-4H3,(H,38,41)(H,35,36,37). The van der Waals surface area contributed by atoms with Crippen LogP contribution in [0.1, 0.15) is 40.9 Å². The topological polar surface area (TPSA) is 73.4 Å². The van der Waals surface area contributed by atoms with Crippen LogP contribution >= 0.6 is 11.6 Å². The zero-order valence-electron chi connectivity index (χ0n) is 24.3. The maximum Gasteiger partial charge on any atom is 0.255 e. The van der Waals surface area contributed by atoms with E-state index in [0.717, 1.165) is 49.4 Å². The number of nitrogens with one attached hydrogen (secondary N) is 2. The SMILES string of the molecule is CCN(CC)CCN(C)Cc1cccc(C(=O)Nc2ccc(Cl)cc2-c2cc(NCc3cccc(C)c3)ncn2)c1. The van der Waals surface area contributed by atoms with Crippen LogP contribution < -0.4 is 10.6 Å². The molecule has 0 unspecified atom stereocenters. The molecule has 0 saturated carbocycles. The summed E-state index contributed by atoms with van der Waals surface area (Å²) in [4.78, 5) is 26.9. The second-order valence-electron chi connectivity index (χ2n) is 10.2. The molecule has 0 aliphatic heterocycles. The number of aryl methyl sites for hydroxylation is 1. The van der Waals surface area contributed by atoms with E-state index >= 15 is 0 Å². The average molecular weight is 571 g/mol. The van der Waals surface area contributed by atoms with Crippen LogP contribution in [0.15, 0.2) is 79.1 Å². The third kappa shape index (κ3) is 8.85. The molecule has 0 fully saturated rings. The van der Waals surface area contributed by atoms with E-state index in [0.29, 0.717) is 34.3 Å². The van der Waals surface area contributed by atoms with Gasteiger partial charge in [0, 0.05) is 48.4 Å². The lowest BCUT2D eigenvalue weighted by molar-refractivity contribution is 0.102. The smallest absolute Gasteiger partial charge is 0.255 e. The largest absolute Gasteiger partial charge is 0.366 e. The summed E-state index contributed by atoms with van der Waals surface area (Å²) in [6, 6.07) is 23.4. The number of likely N-dealkylation sites (N-methyl/N-ethyl adjacent to an activating group) is 2. The Balaban J connectivity index is 1.46. The van der Waals surface area contributed by atoms with Crippen molar-refractivity contribution in [3.05, 3.63) is 106 Å². The highest BCUT2D eigenvalue weighted by atomic mass is 35.5. The number of carbonyl (C=O) groups excluding carboxylic acids is 1. The summed E-state index contributed by atoms with van der Waals surface area (Å²) in [7, 11) is 2.11. The van der Waals surface area contributed by atoms with Crippen molar-refractivity contribution in [3.63, 3.8) is 0 Å². The van der Waals surface area contributed by atoms with Crippen molar-refractivity contribution in [2.24, 2.45) is 0 Å². The fourth-order valence-corrected chi connectivity index (χ4v) is 4.87. The second-order valence-corrected chi connectivity index (χ2v) is 10.7. The molecule has 7 nitrogen and oxygen atoms in total. The first-order valence-electron chi connectivity index (χ1n) is 14.1. The zero-order valence-corrected chi connectivity index (χ0v) is 25.1. The Labute approximate surface area is 248 Å². The molecule has 0 radical (unpaired) electrons. The number of halogens is 1. The first kappa shape index (κ1) is 30.2. The molecular weight excluding hydrogens is 532 g/mol. The van der Waals surface area contributed by atoms with Crippen LogP contribution in [0.25, 0.3) is 11.3 Å². The lowest BCUT2D eigenvalue weighted by Crippen LogP contribution is -2.32. The van der Waals surface area contributed by atoms with Gasteiger partial charge < -0.3 is 20.4 Å². The fourth-order valence-electron chi connectivity index (χ4n) is 4.70. The third-order valence-electron chi connectivity index (χ3n) is 7.06. The van der Waals surface area contributed by atoms with Crippen molar-refractivity contribution in [2.75, 3.05) is 43.9 Å². The van der Waals surface area contributed by atoms with E-state index in [4.69, 9.17) is 11.6 Å². The van der Waals surface area contributed by atoms with Crippen LogP contribution in [0.2, 0.25) is 5.02 Å². The number of hydrogen-bond acceptors (Lipinski definition) is 6. The normalized spacial score (nSPS) is 11.2. The van der Waals surface area contributed by atoms with Gasteiger partial charge in [-0.05, 0) is 68.5 Å². The molecular formula is C33H39ClN6O. The number of hydrogen-bond donors (Lipinski definition) is 2. The molecule has 3 aromatic carbocycles. The highest BCUT2D eigenvalue weighted by Crippen LogP contribution is 2.31. The number of carbonyl (C=O) groups is 1. The summed E-state index contributed by atoms with van der Waals surface area (Å²) in [5.41, 5.74) is 6.08. The van der Waals surface area contributed by atoms with Gasteiger partial charge in [0.2, 0.25) is 0 Å². The van der Waals surface area contributed by atoms with Gasteiger partial charge in [-0.15, -0.1) is 0 Å². The van der Waals surface area contributed by atoms with Crippen molar-refractivity contribution in [1.29, 1.82) is 0 Å². The highest BCUT2D eigenvalue weighted by Gasteiger charge is 2.14. The monoisotopic (exact) mass is 570 g/mol. The van der Waals surface area contributed by atoms with Gasteiger partial charge in [-0.1, -0.05) is 67.4 Å². The van der Waals surface area contributed by atoms with E-state index in [9.17, 15) is 4.79 Å². The van der Waals surface area contributed by atoms with E-state index in [-0.39, 0.29) is 5.91 Å². The summed E-state index contributed by atoms with van der Waals surface area (Å²) in [6.45, 7) is 11.9. The number of benzene rings is 3. The van der Waals surface area contributed by atoms with E-state index in [1.807, 2.05) is 42.5 Å². The van der Waals surface area contributed by atoms with Crippen LogP contribution in [-0.4, -0.2) is 58.9 Å². The van der Waals surface area contributed by atoms with Gasteiger partial charge in [-0.3, -0.25) is 4.79 Å². The molecule has 1 amide bonds. The van der Waals surface area contributed by atoms with Gasteiger partial charge in [0.25, 0.3) is 5.91 Å². The van der Waals surface area contributed by atoms with Crippen molar-refractivity contribution in [3.8, 4) is 11.3 Å². The molecule has 4 rings (SSSR count). The minimum absolute atomic E-state index is 0.187. The number of aromatic nitrogens is 2. The lowest BCUT2D eigenvalue weighted by atomic mass is 10.1. The van der Waals surface area contributed by atoms with Crippen LogP contribution in [0.5, 0.6) is 0 Å². The van der Waals surface area contributed by atoms with Gasteiger partial charge in [0.1, 0.15) is 12.1 Å². The molecule has 1 aromatic heterocycles. The van der Waals surface area contributed by atoms with E-state index in [1.54, 1.807) is 6.07 Å². The predicted octanol–water partition coefficient (Wildman–Crippen LogP) is 6.74. The Kier molecular flexibility index (Phi) is 10.8. The van der Waals surface area contributed by atoms with Crippen molar-refractivity contribution in [1.82, 2.24) is 19.8 Å². The van der Waals surface area contributed by atoms with Crippen LogP contribution in [-0.2, 0) is 13.1 Å². The number of rotatable bonds is 13. The molecule has 1 heterocycles. The zero-order chi connectivity index (χ0) is 29.2. The molecule has 41 heavy (non-hydrogen) atoms. The maximum absolute atomic E-state index is 13.4. The second kappa shape index (κ2) is 14.7. The van der Waals surface area contributed by atoms with Crippen molar-refractivity contribution < 1.29 is 4.79 Å². The minimum Gasteiger partial charge on any atom is -0.366 e. The minimum atomic E-state index is -0.187. The highest BCUT2D eigenvalue weighted by molar-refractivity contribution is 6.31. The summed E-state index contributed by atoms with van der Waals surface area (Å²) in [5, 5.41) is 6.99. The molecule has 2 N–H and O–H groups in total. The molecule has 0 saturated heterocycles. The van der Waals surface area contributed by atoms with E-state index in [1.165, 1.54) is 11.9 Å². The number of nitrogens with zero attached hydrogens (tertiary/aromatic N) is 4. The molecule has 0 bridgehead atoms. The van der Waals surface area contributed by atoms with E-state index < -0.39 is 0 Å². The predicted molar refractivity (Wildman–Crippen MR) is 170 cm³/mol. The first-order valence-corrected chi connectivity index (χ1v) is 14.4. The molecule has 0 aliphatic rings. The summed E-state index contributed by atoms with van der Waals surface area (Å²) >= 11 is 6.37. The Morgan fingerprint density at radius 2 is 1.68 bits per heavy atom. The average Bonchev–Trinajstić information content (AvgIpc) is 2.98. The Morgan fingerprint density at radius 3 is 2.46 bits per heavy atom. The van der Waals surface area contributed by atoms with Crippen molar-refractivity contribution >= 4 is 29.0 Å². The Hall–Kier alpha value is -3.78. The maximum atomic E-state index is 13.4. The van der Waals surface area contributed by atoms with Gasteiger partial charge in [0.05, 0.1) is 11.4 Å². The Bertz CT molecular complexity index is 1460. The van der Waals surface area contributed by atoms with Gasteiger partial charge in [0.15, 0.2) is 0 Å².